The van der Waals surface area contributed by atoms with Gasteiger partial charge in [-0.3, -0.25) is 0 Å². The number of allylic oxidation sites excluding steroid dienone is 1. The van der Waals surface area contributed by atoms with E-state index < -0.39 is 0 Å². The molecule has 0 aromatic carbocycles. The summed E-state index contributed by atoms with van der Waals surface area (Å²) in [7, 11) is 1.70. The van der Waals surface area contributed by atoms with E-state index in [2.05, 4.69) is 27.7 Å². The molecule has 0 aliphatic rings. The smallest absolute Gasteiger partial charge is 0.0821 e. The standard InChI is InChI=1S/C9H18O/c1-7(2)9(6-10-5)8(3)4/h6-8H,1-5H3. The molecule has 0 atom stereocenters. The first-order chi connectivity index (χ1) is 4.59. The van der Waals surface area contributed by atoms with E-state index in [9.17, 15) is 0 Å². The van der Waals surface area contributed by atoms with Gasteiger partial charge in [-0.2, -0.15) is 0 Å². The summed E-state index contributed by atoms with van der Waals surface area (Å²) in [6, 6.07) is 0. The average molecular weight is 142 g/mol. The third-order valence-electron chi connectivity index (χ3n) is 1.59. The van der Waals surface area contributed by atoms with Crippen LogP contribution in [0.5, 0.6) is 0 Å². The zero-order chi connectivity index (χ0) is 8.15. The summed E-state index contributed by atoms with van der Waals surface area (Å²) in [4.78, 5) is 0. The normalized spacial score (nSPS) is 10.3. The van der Waals surface area contributed by atoms with Gasteiger partial charge in [-0.15, -0.1) is 0 Å². The molecular weight excluding hydrogens is 124 g/mol. The number of ether oxygens (including phenoxy) is 1. The highest BCUT2D eigenvalue weighted by molar-refractivity contribution is 5.03. The predicted molar refractivity (Wildman–Crippen MR) is 44.8 cm³/mol. The van der Waals surface area contributed by atoms with Gasteiger partial charge in [0.15, 0.2) is 0 Å². The first-order valence-corrected chi connectivity index (χ1v) is 3.82. The van der Waals surface area contributed by atoms with Crippen LogP contribution in [0.1, 0.15) is 27.7 Å². The molecule has 10 heavy (non-hydrogen) atoms. The Labute approximate surface area is 64.1 Å². The van der Waals surface area contributed by atoms with Crippen molar-refractivity contribution in [1.82, 2.24) is 0 Å². The van der Waals surface area contributed by atoms with E-state index in [-0.39, 0.29) is 0 Å². The van der Waals surface area contributed by atoms with Crippen LogP contribution in [0.2, 0.25) is 0 Å². The summed E-state index contributed by atoms with van der Waals surface area (Å²) < 4.78 is 4.96. The van der Waals surface area contributed by atoms with Crippen LogP contribution in [0.4, 0.5) is 0 Å². The number of methoxy groups -OCH3 is 1. The van der Waals surface area contributed by atoms with Gasteiger partial charge in [0.1, 0.15) is 0 Å². The second-order valence-electron chi connectivity index (χ2n) is 3.16. The lowest BCUT2D eigenvalue weighted by molar-refractivity contribution is 0.324. The van der Waals surface area contributed by atoms with Crippen molar-refractivity contribution in [3.05, 3.63) is 11.8 Å². The van der Waals surface area contributed by atoms with Gasteiger partial charge in [0.2, 0.25) is 0 Å². The lowest BCUT2D eigenvalue weighted by Gasteiger charge is -2.13. The van der Waals surface area contributed by atoms with Crippen LogP contribution >= 0.6 is 0 Å². The van der Waals surface area contributed by atoms with E-state index in [1.54, 1.807) is 7.11 Å². The number of rotatable bonds is 3. The summed E-state index contributed by atoms with van der Waals surface area (Å²) >= 11 is 0. The Morgan fingerprint density at radius 1 is 1.10 bits per heavy atom. The maximum atomic E-state index is 4.96. The largest absolute Gasteiger partial charge is 0.504 e. The molecule has 0 saturated heterocycles. The monoisotopic (exact) mass is 142 g/mol. The van der Waals surface area contributed by atoms with Crippen LogP contribution in [0.15, 0.2) is 11.8 Å². The van der Waals surface area contributed by atoms with E-state index in [0.717, 1.165) is 0 Å². The lowest BCUT2D eigenvalue weighted by Crippen LogP contribution is -2.02. The van der Waals surface area contributed by atoms with Gasteiger partial charge in [-0.25, -0.2) is 0 Å². The second kappa shape index (κ2) is 4.37. The summed E-state index contributed by atoms with van der Waals surface area (Å²) in [5.41, 5.74) is 1.38. The molecule has 0 aliphatic heterocycles. The molecule has 0 radical (unpaired) electrons. The number of hydrogen-bond acceptors (Lipinski definition) is 1. The molecule has 0 bridgehead atoms. The van der Waals surface area contributed by atoms with E-state index >= 15 is 0 Å². The quantitative estimate of drug-likeness (QED) is 0.550. The molecule has 1 nitrogen and oxygen atoms in total. The Morgan fingerprint density at radius 2 is 1.50 bits per heavy atom. The molecule has 0 heterocycles. The molecular formula is C9H18O. The second-order valence-corrected chi connectivity index (χ2v) is 3.16. The molecule has 0 aromatic rings. The first-order valence-electron chi connectivity index (χ1n) is 3.82. The first kappa shape index (κ1) is 9.54. The minimum Gasteiger partial charge on any atom is -0.504 e. The van der Waals surface area contributed by atoms with Gasteiger partial charge in [0.05, 0.1) is 13.4 Å². The Balaban J connectivity index is 4.12. The average Bonchev–Trinajstić information content (AvgIpc) is 1.81. The SMILES string of the molecule is COC=C(C(C)C)C(C)C. The minimum absolute atomic E-state index is 0.597. The van der Waals surface area contributed by atoms with Crippen LogP contribution < -0.4 is 0 Å². The highest BCUT2D eigenvalue weighted by atomic mass is 16.5. The molecule has 0 fully saturated rings. The van der Waals surface area contributed by atoms with Crippen molar-refractivity contribution < 1.29 is 4.74 Å². The fourth-order valence-electron chi connectivity index (χ4n) is 1.07. The van der Waals surface area contributed by atoms with Crippen molar-refractivity contribution in [2.75, 3.05) is 7.11 Å². The van der Waals surface area contributed by atoms with Gasteiger partial charge in [0, 0.05) is 0 Å². The Hall–Kier alpha value is -0.460. The number of hydrogen-bond donors (Lipinski definition) is 0. The van der Waals surface area contributed by atoms with Gasteiger partial charge < -0.3 is 4.74 Å². The zero-order valence-electron chi connectivity index (χ0n) is 7.64. The van der Waals surface area contributed by atoms with Crippen molar-refractivity contribution in [2.24, 2.45) is 11.8 Å². The summed E-state index contributed by atoms with van der Waals surface area (Å²) in [6.07, 6.45) is 1.86. The Kier molecular flexibility index (Phi) is 4.17. The van der Waals surface area contributed by atoms with Crippen LogP contribution in [0.25, 0.3) is 0 Å². The molecule has 0 spiro atoms. The molecule has 0 aromatic heterocycles. The molecule has 60 valence electrons. The fraction of sp³-hybridized carbons (Fsp3) is 0.778. The topological polar surface area (TPSA) is 9.23 Å². The van der Waals surface area contributed by atoms with E-state index in [4.69, 9.17) is 4.74 Å². The molecule has 0 amide bonds. The maximum absolute atomic E-state index is 4.96. The molecule has 1 heteroatoms. The van der Waals surface area contributed by atoms with E-state index in [1.807, 2.05) is 6.26 Å². The third kappa shape index (κ3) is 2.90. The van der Waals surface area contributed by atoms with Crippen molar-refractivity contribution >= 4 is 0 Å². The maximum Gasteiger partial charge on any atom is 0.0821 e. The van der Waals surface area contributed by atoms with Crippen LogP contribution in [0.3, 0.4) is 0 Å². The molecule has 0 unspecified atom stereocenters. The highest BCUT2D eigenvalue weighted by Gasteiger charge is 2.06. The Bertz CT molecular complexity index is 102. The van der Waals surface area contributed by atoms with Crippen molar-refractivity contribution in [1.29, 1.82) is 0 Å². The summed E-state index contributed by atoms with van der Waals surface area (Å²) in [5, 5.41) is 0. The van der Waals surface area contributed by atoms with Crippen molar-refractivity contribution in [3.8, 4) is 0 Å². The molecule has 0 rings (SSSR count). The fourth-order valence-corrected chi connectivity index (χ4v) is 1.07. The van der Waals surface area contributed by atoms with E-state index in [0.29, 0.717) is 11.8 Å². The van der Waals surface area contributed by atoms with E-state index in [1.165, 1.54) is 5.57 Å². The van der Waals surface area contributed by atoms with Crippen LogP contribution in [0, 0.1) is 11.8 Å². The lowest BCUT2D eigenvalue weighted by atomic mass is 9.94. The third-order valence-corrected chi connectivity index (χ3v) is 1.59. The predicted octanol–water partition coefficient (Wildman–Crippen LogP) is 2.83. The van der Waals surface area contributed by atoms with Crippen molar-refractivity contribution in [3.63, 3.8) is 0 Å². The van der Waals surface area contributed by atoms with Crippen LogP contribution in [-0.4, -0.2) is 7.11 Å². The zero-order valence-corrected chi connectivity index (χ0v) is 7.64. The van der Waals surface area contributed by atoms with Crippen molar-refractivity contribution in [2.45, 2.75) is 27.7 Å². The highest BCUT2D eigenvalue weighted by Crippen LogP contribution is 2.18. The molecule has 0 saturated carbocycles. The van der Waals surface area contributed by atoms with Gasteiger partial charge in [-0.1, -0.05) is 27.7 Å². The van der Waals surface area contributed by atoms with Gasteiger partial charge >= 0.3 is 0 Å². The molecule has 0 N–H and O–H groups in total. The summed E-state index contributed by atoms with van der Waals surface area (Å²) in [5.74, 6) is 1.19. The summed E-state index contributed by atoms with van der Waals surface area (Å²) in [6.45, 7) is 8.74. The van der Waals surface area contributed by atoms with Crippen LogP contribution in [-0.2, 0) is 4.74 Å². The minimum atomic E-state index is 0.597. The molecule has 0 aliphatic carbocycles. The van der Waals surface area contributed by atoms with Gasteiger partial charge in [0.25, 0.3) is 0 Å². The Morgan fingerprint density at radius 3 is 1.60 bits per heavy atom. The van der Waals surface area contributed by atoms with Gasteiger partial charge in [-0.05, 0) is 17.4 Å².